The van der Waals surface area contributed by atoms with E-state index in [0.29, 0.717) is 22.1 Å². The number of hydrogen-bond acceptors (Lipinski definition) is 6. The number of primary amides is 1. The zero-order valence-corrected chi connectivity index (χ0v) is 16.2. The van der Waals surface area contributed by atoms with Crippen LogP contribution in [0.4, 0.5) is 10.7 Å². The standard InChI is InChI=1S/C19H23N3O4S/c1-25-13-8-7-11(9-14(13)26-2)21-10-16(23)22-19-17(18(20)24)12-5-3-4-6-15(12)27-19/h7-9,21H,3-6,10H2,1-2H3,(H2,20,24)(H,22,23). The SMILES string of the molecule is COc1ccc(NCC(=O)Nc2sc3c(c2C(N)=O)CCCC3)cc1OC. The summed E-state index contributed by atoms with van der Waals surface area (Å²) in [6.45, 7) is 0.0518. The van der Waals surface area contributed by atoms with Crippen molar-refractivity contribution in [3.05, 3.63) is 34.2 Å². The molecule has 8 heteroatoms. The minimum absolute atomic E-state index is 0.0518. The molecule has 0 radical (unpaired) electrons. The predicted molar refractivity (Wildman–Crippen MR) is 106 cm³/mol. The first kappa shape index (κ1) is 19.0. The quantitative estimate of drug-likeness (QED) is 0.676. The summed E-state index contributed by atoms with van der Waals surface area (Å²) in [7, 11) is 3.12. The van der Waals surface area contributed by atoms with Crippen LogP contribution in [-0.4, -0.2) is 32.6 Å². The van der Waals surface area contributed by atoms with E-state index in [4.69, 9.17) is 15.2 Å². The van der Waals surface area contributed by atoms with Gasteiger partial charge in [-0.2, -0.15) is 0 Å². The van der Waals surface area contributed by atoms with Gasteiger partial charge in [-0.25, -0.2) is 0 Å². The summed E-state index contributed by atoms with van der Waals surface area (Å²) in [6.07, 6.45) is 3.90. The topological polar surface area (TPSA) is 103 Å². The number of ether oxygens (including phenoxy) is 2. The van der Waals surface area contributed by atoms with Crippen molar-refractivity contribution in [2.24, 2.45) is 5.73 Å². The van der Waals surface area contributed by atoms with Crippen LogP contribution in [0.25, 0.3) is 0 Å². The first-order valence-corrected chi connectivity index (χ1v) is 9.55. The molecule has 0 atom stereocenters. The Hall–Kier alpha value is -2.74. The van der Waals surface area contributed by atoms with Crippen molar-refractivity contribution >= 4 is 33.8 Å². The average molecular weight is 389 g/mol. The number of amides is 2. The number of nitrogens with one attached hydrogen (secondary N) is 2. The molecule has 2 aromatic rings. The maximum absolute atomic E-state index is 12.4. The molecule has 1 aromatic heterocycles. The Kier molecular flexibility index (Phi) is 5.85. The van der Waals surface area contributed by atoms with Crippen LogP contribution in [0.15, 0.2) is 18.2 Å². The Morgan fingerprint density at radius 2 is 1.89 bits per heavy atom. The zero-order chi connectivity index (χ0) is 19.4. The molecule has 0 bridgehead atoms. The van der Waals surface area contributed by atoms with Crippen molar-refractivity contribution in [1.29, 1.82) is 0 Å². The van der Waals surface area contributed by atoms with Gasteiger partial charge >= 0.3 is 0 Å². The fraction of sp³-hybridized carbons (Fsp3) is 0.368. The van der Waals surface area contributed by atoms with Crippen LogP contribution in [-0.2, 0) is 17.6 Å². The normalized spacial score (nSPS) is 12.8. The highest BCUT2D eigenvalue weighted by molar-refractivity contribution is 7.17. The number of aryl methyl sites for hydroxylation is 1. The third-order valence-electron chi connectivity index (χ3n) is 4.51. The summed E-state index contributed by atoms with van der Waals surface area (Å²) in [5, 5.41) is 6.42. The third kappa shape index (κ3) is 4.16. The van der Waals surface area contributed by atoms with Crippen LogP contribution < -0.4 is 25.8 Å². The highest BCUT2D eigenvalue weighted by Gasteiger charge is 2.24. The van der Waals surface area contributed by atoms with Crippen LogP contribution in [0.3, 0.4) is 0 Å². The van der Waals surface area contributed by atoms with Gasteiger partial charge in [-0.1, -0.05) is 0 Å². The lowest BCUT2D eigenvalue weighted by molar-refractivity contribution is -0.114. The van der Waals surface area contributed by atoms with E-state index in [1.54, 1.807) is 32.4 Å². The number of benzene rings is 1. The summed E-state index contributed by atoms with van der Waals surface area (Å²) < 4.78 is 10.4. The third-order valence-corrected chi connectivity index (χ3v) is 5.71. The van der Waals surface area contributed by atoms with E-state index in [9.17, 15) is 9.59 Å². The second-order valence-corrected chi connectivity index (χ2v) is 7.36. The fourth-order valence-corrected chi connectivity index (χ4v) is 4.52. The van der Waals surface area contributed by atoms with Crippen molar-refractivity contribution in [2.75, 3.05) is 31.4 Å². The van der Waals surface area contributed by atoms with Crippen LogP contribution in [0.5, 0.6) is 11.5 Å². The molecule has 1 aliphatic carbocycles. The van der Waals surface area contributed by atoms with Crippen molar-refractivity contribution in [2.45, 2.75) is 25.7 Å². The van der Waals surface area contributed by atoms with E-state index in [-0.39, 0.29) is 12.5 Å². The number of thiophene rings is 1. The van der Waals surface area contributed by atoms with Gasteiger partial charge < -0.3 is 25.8 Å². The number of fused-ring (bicyclic) bond motifs is 1. The molecule has 2 amide bonds. The molecule has 27 heavy (non-hydrogen) atoms. The van der Waals surface area contributed by atoms with Gasteiger partial charge in [0.25, 0.3) is 5.91 Å². The van der Waals surface area contributed by atoms with Crippen LogP contribution in [0, 0.1) is 0 Å². The van der Waals surface area contributed by atoms with Crippen molar-refractivity contribution in [1.82, 2.24) is 0 Å². The number of carbonyl (C=O) groups excluding carboxylic acids is 2. The summed E-state index contributed by atoms with van der Waals surface area (Å²) in [4.78, 5) is 25.4. The molecule has 1 aromatic carbocycles. The molecule has 3 rings (SSSR count). The molecule has 0 saturated heterocycles. The maximum atomic E-state index is 12.4. The zero-order valence-electron chi connectivity index (χ0n) is 15.4. The molecule has 4 N–H and O–H groups in total. The van der Waals surface area contributed by atoms with E-state index < -0.39 is 5.91 Å². The van der Waals surface area contributed by atoms with E-state index in [0.717, 1.165) is 41.8 Å². The molecule has 7 nitrogen and oxygen atoms in total. The molecule has 1 aliphatic rings. The number of methoxy groups -OCH3 is 2. The number of carbonyl (C=O) groups is 2. The van der Waals surface area contributed by atoms with Crippen molar-refractivity contribution in [3.8, 4) is 11.5 Å². The summed E-state index contributed by atoms with van der Waals surface area (Å²) in [5.74, 6) is 0.455. The number of nitrogens with two attached hydrogens (primary N) is 1. The Bertz CT molecular complexity index is 863. The Balaban J connectivity index is 1.68. The minimum atomic E-state index is -0.488. The van der Waals surface area contributed by atoms with E-state index >= 15 is 0 Å². The predicted octanol–water partition coefficient (Wildman–Crippen LogP) is 2.79. The van der Waals surface area contributed by atoms with E-state index in [1.807, 2.05) is 0 Å². The lowest BCUT2D eigenvalue weighted by Gasteiger charge is -2.12. The first-order chi connectivity index (χ1) is 13.0. The van der Waals surface area contributed by atoms with Crippen LogP contribution >= 0.6 is 11.3 Å². The number of hydrogen-bond donors (Lipinski definition) is 3. The monoisotopic (exact) mass is 389 g/mol. The summed E-state index contributed by atoms with van der Waals surface area (Å²) >= 11 is 1.45. The molecule has 0 aliphatic heterocycles. The minimum Gasteiger partial charge on any atom is -0.493 e. The fourth-order valence-electron chi connectivity index (χ4n) is 3.21. The average Bonchev–Trinajstić information content (AvgIpc) is 3.03. The van der Waals surface area contributed by atoms with E-state index in [2.05, 4.69) is 10.6 Å². The molecule has 0 unspecified atom stereocenters. The van der Waals surface area contributed by atoms with Crippen LogP contribution in [0.1, 0.15) is 33.6 Å². The van der Waals surface area contributed by atoms with Gasteiger partial charge in [-0.05, 0) is 43.4 Å². The molecular weight excluding hydrogens is 366 g/mol. The number of rotatable bonds is 7. The van der Waals surface area contributed by atoms with E-state index in [1.165, 1.54) is 11.3 Å². The van der Waals surface area contributed by atoms with Gasteiger partial charge in [0.15, 0.2) is 11.5 Å². The van der Waals surface area contributed by atoms with Gasteiger partial charge in [0, 0.05) is 16.6 Å². The molecule has 1 heterocycles. The van der Waals surface area contributed by atoms with Gasteiger partial charge in [0.2, 0.25) is 5.91 Å². The second-order valence-electron chi connectivity index (χ2n) is 6.25. The lowest BCUT2D eigenvalue weighted by Crippen LogP contribution is -2.23. The largest absolute Gasteiger partial charge is 0.493 e. The van der Waals surface area contributed by atoms with Gasteiger partial charge in [0.05, 0.1) is 26.3 Å². The smallest absolute Gasteiger partial charge is 0.251 e. The molecular formula is C19H23N3O4S. The highest BCUT2D eigenvalue weighted by Crippen LogP contribution is 2.37. The molecule has 144 valence electrons. The molecule has 0 fully saturated rings. The Labute approximate surface area is 161 Å². The second kappa shape index (κ2) is 8.30. The van der Waals surface area contributed by atoms with Gasteiger partial charge in [-0.3, -0.25) is 9.59 Å². The van der Waals surface area contributed by atoms with Crippen LogP contribution in [0.2, 0.25) is 0 Å². The Morgan fingerprint density at radius 3 is 2.59 bits per heavy atom. The summed E-state index contributed by atoms with van der Waals surface area (Å²) in [6, 6.07) is 5.32. The van der Waals surface area contributed by atoms with Crippen molar-refractivity contribution in [3.63, 3.8) is 0 Å². The molecule has 0 spiro atoms. The van der Waals surface area contributed by atoms with Gasteiger partial charge in [-0.15, -0.1) is 11.3 Å². The van der Waals surface area contributed by atoms with Crippen molar-refractivity contribution < 1.29 is 19.1 Å². The highest BCUT2D eigenvalue weighted by atomic mass is 32.1. The van der Waals surface area contributed by atoms with Gasteiger partial charge in [0.1, 0.15) is 5.00 Å². The lowest BCUT2D eigenvalue weighted by atomic mass is 9.95. The first-order valence-electron chi connectivity index (χ1n) is 8.73. The summed E-state index contributed by atoms with van der Waals surface area (Å²) in [5.41, 5.74) is 7.75. The molecule has 0 saturated carbocycles. The Morgan fingerprint density at radius 1 is 1.15 bits per heavy atom. The maximum Gasteiger partial charge on any atom is 0.251 e. The number of anilines is 2.